The van der Waals surface area contributed by atoms with E-state index in [-0.39, 0.29) is 11.7 Å². The Balaban J connectivity index is 2.01. The second kappa shape index (κ2) is 6.71. The molecule has 0 unspecified atom stereocenters. The first-order chi connectivity index (χ1) is 11.5. The third-order valence-corrected chi connectivity index (χ3v) is 4.21. The largest absolute Gasteiger partial charge is 0.504 e. The number of nitrogens with two attached hydrogens (primary N) is 1. The van der Waals surface area contributed by atoms with Crippen molar-refractivity contribution < 1.29 is 14.6 Å². The molecule has 0 saturated carbocycles. The van der Waals surface area contributed by atoms with Gasteiger partial charge in [0.2, 0.25) is 5.91 Å². The summed E-state index contributed by atoms with van der Waals surface area (Å²) in [5.41, 5.74) is 8.15. The Labute approximate surface area is 145 Å². The highest BCUT2D eigenvalue weighted by Gasteiger charge is 2.24. The van der Waals surface area contributed by atoms with Crippen LogP contribution < -0.4 is 10.5 Å². The lowest BCUT2D eigenvalue weighted by molar-refractivity contribution is -0.132. The number of carbonyl (C=O) groups is 1. The van der Waals surface area contributed by atoms with Gasteiger partial charge in [0.25, 0.3) is 0 Å². The zero-order valence-electron chi connectivity index (χ0n) is 13.3. The molecule has 126 valence electrons. The van der Waals surface area contributed by atoms with Crippen LogP contribution in [-0.2, 0) is 11.3 Å². The third-order valence-electron chi connectivity index (χ3n) is 3.97. The van der Waals surface area contributed by atoms with Crippen LogP contribution in [0.3, 0.4) is 0 Å². The minimum atomic E-state index is -0.573. The number of ether oxygens (including phenoxy) is 1. The molecule has 2 aromatic rings. The molecule has 1 aliphatic rings. The fourth-order valence-corrected chi connectivity index (χ4v) is 3.00. The zero-order valence-corrected chi connectivity index (χ0v) is 14.1. The summed E-state index contributed by atoms with van der Waals surface area (Å²) in [6.45, 7) is 2.75. The molecule has 5 nitrogen and oxygen atoms in total. The Hall–Kier alpha value is -2.24. The summed E-state index contributed by atoms with van der Waals surface area (Å²) in [6, 6.07) is 10.4. The van der Waals surface area contributed by atoms with Crippen molar-refractivity contribution in [1.82, 2.24) is 4.90 Å². The Kier molecular flexibility index (Phi) is 4.64. The Morgan fingerprint density at radius 3 is 2.83 bits per heavy atom. The standard InChI is InChI=1S/C18H19ClN2O3/c1-11(20)18(23)21-5-6-24-17-14(10-21)7-13(9-16(17)22)12-3-2-4-15(19)8-12/h2-4,7-9,11,22H,5-6,10,20H2,1H3/t11-/m0/s1. The van der Waals surface area contributed by atoms with Crippen LogP contribution in [0.2, 0.25) is 5.02 Å². The van der Waals surface area contributed by atoms with E-state index in [4.69, 9.17) is 22.1 Å². The molecule has 3 N–H and O–H groups in total. The molecule has 24 heavy (non-hydrogen) atoms. The number of halogens is 1. The summed E-state index contributed by atoms with van der Waals surface area (Å²) < 4.78 is 5.64. The van der Waals surface area contributed by atoms with Gasteiger partial charge in [0.15, 0.2) is 11.5 Å². The van der Waals surface area contributed by atoms with E-state index in [0.717, 1.165) is 16.7 Å². The molecule has 0 spiro atoms. The van der Waals surface area contributed by atoms with Gasteiger partial charge in [-0.25, -0.2) is 0 Å². The van der Waals surface area contributed by atoms with Crippen molar-refractivity contribution in [2.45, 2.75) is 19.5 Å². The fourth-order valence-electron chi connectivity index (χ4n) is 2.81. The topological polar surface area (TPSA) is 75.8 Å². The number of phenols is 1. The second-order valence-electron chi connectivity index (χ2n) is 5.89. The molecule has 0 bridgehead atoms. The van der Waals surface area contributed by atoms with Crippen LogP contribution in [-0.4, -0.2) is 35.1 Å². The lowest BCUT2D eigenvalue weighted by atomic mass is 10.0. The minimum Gasteiger partial charge on any atom is -0.504 e. The van der Waals surface area contributed by atoms with E-state index in [1.807, 2.05) is 24.3 Å². The predicted octanol–water partition coefficient (Wildman–Crippen LogP) is 2.78. The van der Waals surface area contributed by atoms with Gasteiger partial charge in [-0.3, -0.25) is 4.79 Å². The van der Waals surface area contributed by atoms with Crippen molar-refractivity contribution in [3.63, 3.8) is 0 Å². The Bertz CT molecular complexity index is 777. The molecule has 0 saturated heterocycles. The quantitative estimate of drug-likeness (QED) is 0.876. The van der Waals surface area contributed by atoms with E-state index in [2.05, 4.69) is 0 Å². The molecule has 3 rings (SSSR count). The maximum absolute atomic E-state index is 12.2. The average molecular weight is 347 g/mol. The molecule has 0 radical (unpaired) electrons. The maximum atomic E-state index is 12.2. The first kappa shape index (κ1) is 16.6. The smallest absolute Gasteiger partial charge is 0.239 e. The highest BCUT2D eigenvalue weighted by molar-refractivity contribution is 6.30. The highest BCUT2D eigenvalue weighted by atomic mass is 35.5. The number of aromatic hydroxyl groups is 1. The molecule has 0 aliphatic carbocycles. The van der Waals surface area contributed by atoms with E-state index in [9.17, 15) is 9.90 Å². The number of fused-ring (bicyclic) bond motifs is 1. The summed E-state index contributed by atoms with van der Waals surface area (Å²) >= 11 is 6.05. The van der Waals surface area contributed by atoms with E-state index in [1.54, 1.807) is 24.0 Å². The molecule has 0 aromatic heterocycles. The van der Waals surface area contributed by atoms with E-state index in [1.165, 1.54) is 0 Å². The second-order valence-corrected chi connectivity index (χ2v) is 6.33. The summed E-state index contributed by atoms with van der Waals surface area (Å²) in [4.78, 5) is 13.9. The zero-order chi connectivity index (χ0) is 17.3. The molecule has 6 heteroatoms. The predicted molar refractivity (Wildman–Crippen MR) is 93.1 cm³/mol. The van der Waals surface area contributed by atoms with Gasteiger partial charge in [-0.15, -0.1) is 0 Å². The molecule has 2 aromatic carbocycles. The fraction of sp³-hybridized carbons (Fsp3) is 0.278. The van der Waals surface area contributed by atoms with Crippen molar-refractivity contribution in [3.05, 3.63) is 47.0 Å². The van der Waals surface area contributed by atoms with Gasteiger partial charge in [-0.05, 0) is 42.3 Å². The number of phenolic OH excluding ortho intramolecular Hbond substituents is 1. The average Bonchev–Trinajstić information content (AvgIpc) is 2.76. The van der Waals surface area contributed by atoms with Crippen LogP contribution >= 0.6 is 11.6 Å². The Morgan fingerprint density at radius 2 is 2.12 bits per heavy atom. The van der Waals surface area contributed by atoms with Gasteiger partial charge in [0.1, 0.15) is 6.61 Å². The number of benzene rings is 2. The van der Waals surface area contributed by atoms with Gasteiger partial charge >= 0.3 is 0 Å². The number of nitrogens with zero attached hydrogens (tertiary/aromatic N) is 1. The van der Waals surface area contributed by atoms with Crippen molar-refractivity contribution in [1.29, 1.82) is 0 Å². The van der Waals surface area contributed by atoms with Crippen molar-refractivity contribution in [2.24, 2.45) is 5.73 Å². The van der Waals surface area contributed by atoms with Gasteiger partial charge < -0.3 is 20.5 Å². The normalized spacial score (nSPS) is 15.2. The lowest BCUT2D eigenvalue weighted by Gasteiger charge is -2.22. The third kappa shape index (κ3) is 3.32. The number of carbonyl (C=O) groups excluding carboxylic acids is 1. The number of amides is 1. The van der Waals surface area contributed by atoms with E-state index in [0.29, 0.717) is 30.5 Å². The molecule has 1 atom stereocenters. The number of rotatable bonds is 2. The molecular formula is C18H19ClN2O3. The van der Waals surface area contributed by atoms with Gasteiger partial charge in [-0.2, -0.15) is 0 Å². The van der Waals surface area contributed by atoms with Crippen LogP contribution in [0.1, 0.15) is 12.5 Å². The minimum absolute atomic E-state index is 0.0533. The van der Waals surface area contributed by atoms with Crippen molar-refractivity contribution in [3.8, 4) is 22.6 Å². The summed E-state index contributed by atoms with van der Waals surface area (Å²) in [6.07, 6.45) is 0. The highest BCUT2D eigenvalue weighted by Crippen LogP contribution is 2.38. The van der Waals surface area contributed by atoms with Gasteiger partial charge in [0, 0.05) is 17.1 Å². The first-order valence-corrected chi connectivity index (χ1v) is 8.12. The van der Waals surface area contributed by atoms with Gasteiger partial charge in [0.05, 0.1) is 12.6 Å². The summed E-state index contributed by atoms with van der Waals surface area (Å²) in [5, 5.41) is 11.0. The maximum Gasteiger partial charge on any atom is 0.239 e. The van der Waals surface area contributed by atoms with Crippen LogP contribution in [0.5, 0.6) is 11.5 Å². The van der Waals surface area contributed by atoms with Gasteiger partial charge in [-0.1, -0.05) is 23.7 Å². The summed E-state index contributed by atoms with van der Waals surface area (Å²) in [7, 11) is 0. The van der Waals surface area contributed by atoms with Crippen LogP contribution in [0.15, 0.2) is 36.4 Å². The van der Waals surface area contributed by atoms with E-state index < -0.39 is 6.04 Å². The van der Waals surface area contributed by atoms with Crippen molar-refractivity contribution >= 4 is 17.5 Å². The monoisotopic (exact) mass is 346 g/mol. The summed E-state index contributed by atoms with van der Waals surface area (Å²) in [5.74, 6) is 0.331. The molecule has 1 heterocycles. The molecular weight excluding hydrogens is 328 g/mol. The van der Waals surface area contributed by atoms with Crippen LogP contribution in [0, 0.1) is 0 Å². The number of hydrogen-bond acceptors (Lipinski definition) is 4. The van der Waals surface area contributed by atoms with Crippen LogP contribution in [0.25, 0.3) is 11.1 Å². The molecule has 1 amide bonds. The first-order valence-electron chi connectivity index (χ1n) is 7.74. The number of hydrogen-bond donors (Lipinski definition) is 2. The van der Waals surface area contributed by atoms with Crippen LogP contribution in [0.4, 0.5) is 0 Å². The van der Waals surface area contributed by atoms with Crippen molar-refractivity contribution in [2.75, 3.05) is 13.2 Å². The molecule has 0 fully saturated rings. The lowest BCUT2D eigenvalue weighted by Crippen LogP contribution is -2.42. The SMILES string of the molecule is C[C@H](N)C(=O)N1CCOc2c(O)cc(-c3cccc(Cl)c3)cc2C1. The van der Waals surface area contributed by atoms with E-state index >= 15 is 0 Å². The molecule has 1 aliphatic heterocycles. The Morgan fingerprint density at radius 1 is 1.33 bits per heavy atom.